The number of carbonyl (C=O) groups excluding carboxylic acids is 3. The molecule has 1 fully saturated rings. The summed E-state index contributed by atoms with van der Waals surface area (Å²) in [7, 11) is -5.11. The zero-order valence-electron chi connectivity index (χ0n) is 19.5. The molecule has 3 N–H and O–H groups in total. The van der Waals surface area contributed by atoms with E-state index in [2.05, 4.69) is 11.4 Å². The fraction of sp³-hybridized carbons (Fsp3) is 0.864. The molecule has 1 saturated heterocycles. The summed E-state index contributed by atoms with van der Waals surface area (Å²) in [5.41, 5.74) is 0. The van der Waals surface area contributed by atoms with Crippen LogP contribution in [0.15, 0.2) is 0 Å². The van der Waals surface area contributed by atoms with Crippen LogP contribution in [0.5, 0.6) is 0 Å². The van der Waals surface area contributed by atoms with Crippen LogP contribution < -0.4 is 0 Å². The first-order valence-corrected chi connectivity index (χ1v) is 13.5. The standard InChI is InChI=1S/C22H39O10P/c1-2-3-4-5-6-7-8-9-10-11-12-13-14-15-18(24)30-17(16-23)20-19(25)21(22(26)31-20)32-33(27,28)29/h17,20-21,23H,2-16H2,1H3,(H2,27,28,29)/t17-,20-,21?/m1/s1. The van der Waals surface area contributed by atoms with Gasteiger partial charge in [0, 0.05) is 6.42 Å². The second-order valence-electron chi connectivity index (χ2n) is 8.44. The minimum atomic E-state index is -5.11. The third-order valence-corrected chi connectivity index (χ3v) is 6.01. The fourth-order valence-electron chi connectivity index (χ4n) is 3.71. The molecule has 33 heavy (non-hydrogen) atoms. The number of ketones is 1. The lowest BCUT2D eigenvalue weighted by molar-refractivity contribution is -0.166. The molecule has 0 aromatic rings. The number of hydrogen-bond acceptors (Lipinski definition) is 8. The molecule has 3 atom stereocenters. The number of aliphatic hydroxyl groups excluding tert-OH is 1. The Morgan fingerprint density at radius 3 is 1.88 bits per heavy atom. The third kappa shape index (κ3) is 12.6. The molecular weight excluding hydrogens is 455 g/mol. The lowest BCUT2D eigenvalue weighted by Crippen LogP contribution is -2.40. The third-order valence-electron chi connectivity index (χ3n) is 5.52. The maximum absolute atomic E-state index is 12.1. The Hall–Kier alpha value is -1.32. The lowest BCUT2D eigenvalue weighted by atomic mass is 10.0. The number of carbonyl (C=O) groups is 3. The Labute approximate surface area is 195 Å². The molecule has 1 rings (SSSR count). The van der Waals surface area contributed by atoms with E-state index < -0.39 is 50.5 Å². The van der Waals surface area contributed by atoms with E-state index in [9.17, 15) is 24.1 Å². The molecule has 0 aromatic heterocycles. The van der Waals surface area contributed by atoms with Crippen LogP contribution in [0.1, 0.15) is 96.8 Å². The molecule has 1 heterocycles. The highest BCUT2D eigenvalue weighted by Crippen LogP contribution is 2.39. The number of rotatable bonds is 19. The predicted octanol–water partition coefficient (Wildman–Crippen LogP) is 3.34. The minimum Gasteiger partial charge on any atom is -0.455 e. The first kappa shape index (κ1) is 29.7. The average molecular weight is 495 g/mol. The van der Waals surface area contributed by atoms with Crippen molar-refractivity contribution < 1.29 is 47.8 Å². The van der Waals surface area contributed by atoms with Gasteiger partial charge in [-0.2, -0.15) is 0 Å². The zero-order valence-corrected chi connectivity index (χ0v) is 20.4. The van der Waals surface area contributed by atoms with Crippen LogP contribution >= 0.6 is 7.82 Å². The Kier molecular flexibility index (Phi) is 14.7. The van der Waals surface area contributed by atoms with E-state index in [4.69, 9.17) is 19.3 Å². The molecule has 0 spiro atoms. The Morgan fingerprint density at radius 1 is 0.939 bits per heavy atom. The summed E-state index contributed by atoms with van der Waals surface area (Å²) in [5, 5.41) is 9.43. The van der Waals surface area contributed by atoms with Crippen LogP contribution in [0.4, 0.5) is 0 Å². The molecular formula is C22H39O10P. The van der Waals surface area contributed by atoms with Gasteiger partial charge in [0.05, 0.1) is 6.61 Å². The normalized spacial score (nSPS) is 19.5. The number of ether oxygens (including phenoxy) is 2. The molecule has 1 aliphatic heterocycles. The predicted molar refractivity (Wildman–Crippen MR) is 119 cm³/mol. The largest absolute Gasteiger partial charge is 0.470 e. The number of aliphatic hydroxyl groups is 1. The van der Waals surface area contributed by atoms with Crippen molar-refractivity contribution in [2.45, 2.75) is 115 Å². The van der Waals surface area contributed by atoms with Crippen molar-refractivity contribution in [2.75, 3.05) is 6.61 Å². The average Bonchev–Trinajstić information content (AvgIpc) is 3.02. The van der Waals surface area contributed by atoms with Crippen LogP contribution in [-0.4, -0.2) is 57.5 Å². The van der Waals surface area contributed by atoms with Crippen molar-refractivity contribution in [1.29, 1.82) is 0 Å². The van der Waals surface area contributed by atoms with E-state index in [1.807, 2.05) is 0 Å². The molecule has 0 aliphatic carbocycles. The maximum Gasteiger partial charge on any atom is 0.470 e. The van der Waals surface area contributed by atoms with E-state index in [0.29, 0.717) is 6.42 Å². The van der Waals surface area contributed by atoms with E-state index in [0.717, 1.165) is 19.3 Å². The second-order valence-corrected chi connectivity index (χ2v) is 9.63. The van der Waals surface area contributed by atoms with Gasteiger partial charge in [0.25, 0.3) is 0 Å². The number of phosphoric acid groups is 1. The van der Waals surface area contributed by atoms with Crippen molar-refractivity contribution >= 4 is 25.5 Å². The number of Topliss-reactive ketones (excluding diaryl/α,β-unsaturated/α-hetero) is 1. The molecule has 0 radical (unpaired) electrons. The molecule has 1 unspecified atom stereocenters. The SMILES string of the molecule is CCCCCCCCCCCCCCCC(=O)O[C@H](CO)[C@H]1OC(=O)C(OP(=O)(O)O)C1=O. The minimum absolute atomic E-state index is 0.0888. The summed E-state index contributed by atoms with van der Waals surface area (Å²) in [6.07, 6.45) is 9.97. The molecule has 10 nitrogen and oxygen atoms in total. The summed E-state index contributed by atoms with van der Waals surface area (Å²) in [6.45, 7) is 1.42. The van der Waals surface area contributed by atoms with Crippen molar-refractivity contribution in [3.05, 3.63) is 0 Å². The molecule has 0 amide bonds. The quantitative estimate of drug-likeness (QED) is 0.105. The molecule has 0 bridgehead atoms. The molecule has 1 aliphatic rings. The fourth-order valence-corrected chi connectivity index (χ4v) is 4.18. The van der Waals surface area contributed by atoms with Crippen molar-refractivity contribution in [3.8, 4) is 0 Å². The van der Waals surface area contributed by atoms with Crippen LogP contribution in [0, 0.1) is 0 Å². The van der Waals surface area contributed by atoms with Gasteiger partial charge >= 0.3 is 19.8 Å². The van der Waals surface area contributed by atoms with Gasteiger partial charge in [0.15, 0.2) is 6.10 Å². The van der Waals surface area contributed by atoms with Crippen molar-refractivity contribution in [2.24, 2.45) is 0 Å². The molecule has 0 aromatic carbocycles. The Morgan fingerprint density at radius 2 is 1.42 bits per heavy atom. The summed E-state index contributed by atoms with van der Waals surface area (Å²) < 4.78 is 24.8. The number of cyclic esters (lactones) is 1. The topological polar surface area (TPSA) is 157 Å². The first-order valence-electron chi connectivity index (χ1n) is 12.0. The van der Waals surface area contributed by atoms with Crippen LogP contribution in [0.2, 0.25) is 0 Å². The number of phosphoric ester groups is 1. The highest BCUT2D eigenvalue weighted by molar-refractivity contribution is 7.46. The summed E-state index contributed by atoms with van der Waals surface area (Å²) in [4.78, 5) is 53.4. The zero-order chi connectivity index (χ0) is 24.7. The second kappa shape index (κ2) is 16.3. The van der Waals surface area contributed by atoms with Gasteiger partial charge in [-0.05, 0) is 6.42 Å². The summed E-state index contributed by atoms with van der Waals surface area (Å²) in [5.74, 6) is -3.07. The summed E-state index contributed by atoms with van der Waals surface area (Å²) in [6, 6.07) is 0. The smallest absolute Gasteiger partial charge is 0.455 e. The van der Waals surface area contributed by atoms with Gasteiger partial charge in [-0.3, -0.25) is 14.1 Å². The van der Waals surface area contributed by atoms with E-state index in [1.165, 1.54) is 57.8 Å². The Balaban J connectivity index is 2.17. The van der Waals surface area contributed by atoms with Gasteiger partial charge in [-0.1, -0.05) is 84.0 Å². The lowest BCUT2D eigenvalue weighted by Gasteiger charge is -2.19. The summed E-state index contributed by atoms with van der Waals surface area (Å²) >= 11 is 0. The van der Waals surface area contributed by atoms with Gasteiger partial charge in [-0.15, -0.1) is 0 Å². The van der Waals surface area contributed by atoms with Gasteiger partial charge < -0.3 is 24.4 Å². The van der Waals surface area contributed by atoms with Crippen LogP contribution in [0.25, 0.3) is 0 Å². The highest BCUT2D eigenvalue weighted by atomic mass is 31.2. The van der Waals surface area contributed by atoms with Gasteiger partial charge in [0.2, 0.25) is 18.0 Å². The molecule has 192 valence electrons. The van der Waals surface area contributed by atoms with Crippen molar-refractivity contribution in [1.82, 2.24) is 0 Å². The monoisotopic (exact) mass is 494 g/mol. The Bertz CT molecular complexity index is 647. The van der Waals surface area contributed by atoms with E-state index in [-0.39, 0.29) is 6.42 Å². The first-order chi connectivity index (χ1) is 15.7. The van der Waals surface area contributed by atoms with Gasteiger partial charge in [-0.25, -0.2) is 9.36 Å². The molecule has 11 heteroatoms. The van der Waals surface area contributed by atoms with Crippen molar-refractivity contribution in [3.63, 3.8) is 0 Å². The maximum atomic E-state index is 12.1. The van der Waals surface area contributed by atoms with E-state index >= 15 is 0 Å². The highest BCUT2D eigenvalue weighted by Gasteiger charge is 2.51. The van der Waals surface area contributed by atoms with E-state index in [1.54, 1.807) is 0 Å². The van der Waals surface area contributed by atoms with Crippen LogP contribution in [0.3, 0.4) is 0 Å². The molecule has 0 saturated carbocycles. The van der Waals surface area contributed by atoms with Crippen LogP contribution in [-0.2, 0) is 32.9 Å². The number of esters is 2. The number of unbranched alkanes of at least 4 members (excludes halogenated alkanes) is 12. The van der Waals surface area contributed by atoms with Gasteiger partial charge in [0.1, 0.15) is 0 Å². The number of hydrogen-bond donors (Lipinski definition) is 3.